The molecule has 0 saturated heterocycles. The zero-order valence-electron chi connectivity index (χ0n) is 13.4. The maximum Gasteiger partial charge on any atom is 0.244 e. The van der Waals surface area contributed by atoms with Crippen LogP contribution < -0.4 is 5.32 Å². The number of sulfonamides is 1. The van der Waals surface area contributed by atoms with Crippen LogP contribution in [0.15, 0.2) is 21.5 Å². The van der Waals surface area contributed by atoms with Gasteiger partial charge in [-0.15, -0.1) is 0 Å². The molecule has 120 valence electrons. The zero-order chi connectivity index (χ0) is 16.2. The van der Waals surface area contributed by atoms with Crippen molar-refractivity contribution in [3.05, 3.63) is 27.7 Å². The molecule has 0 saturated carbocycles. The lowest BCUT2D eigenvalue weighted by atomic mass is 10.1. The minimum Gasteiger partial charge on any atom is -0.316 e. The molecule has 1 unspecified atom stereocenters. The van der Waals surface area contributed by atoms with Crippen LogP contribution in [0.4, 0.5) is 0 Å². The Balaban J connectivity index is 3.30. The van der Waals surface area contributed by atoms with Crippen LogP contribution in [0.25, 0.3) is 0 Å². The van der Waals surface area contributed by atoms with Crippen LogP contribution in [0.1, 0.15) is 37.8 Å². The quantitative estimate of drug-likeness (QED) is 0.793. The zero-order valence-corrected chi connectivity index (χ0v) is 15.8. The molecule has 0 aliphatic carbocycles. The van der Waals surface area contributed by atoms with Gasteiger partial charge in [-0.3, -0.25) is 0 Å². The first-order valence-corrected chi connectivity index (χ1v) is 9.40. The molecule has 0 aromatic heterocycles. The lowest BCUT2D eigenvalue weighted by Crippen LogP contribution is -2.35. The van der Waals surface area contributed by atoms with Crippen LogP contribution in [-0.2, 0) is 16.6 Å². The van der Waals surface area contributed by atoms with Crippen LogP contribution >= 0.6 is 15.9 Å². The third-order valence-corrected chi connectivity index (χ3v) is 6.96. The van der Waals surface area contributed by atoms with Gasteiger partial charge >= 0.3 is 0 Å². The molecule has 1 rings (SSSR count). The summed E-state index contributed by atoms with van der Waals surface area (Å²) >= 11 is 3.43. The standard InChI is InChI=1S/C15H25BrN2O2S/c1-6-7-12(3)18(5)21(19,20)14-9-13(10-17-4)8-11(2)15(14)16/h8-9,12,17H,6-7,10H2,1-5H3. The Morgan fingerprint density at radius 1 is 1.38 bits per heavy atom. The summed E-state index contributed by atoms with van der Waals surface area (Å²) in [4.78, 5) is 0.346. The van der Waals surface area contributed by atoms with Gasteiger partial charge in [-0.05, 0) is 60.4 Å². The summed E-state index contributed by atoms with van der Waals surface area (Å²) in [6, 6.07) is 3.73. The largest absolute Gasteiger partial charge is 0.316 e. The van der Waals surface area contributed by atoms with E-state index in [4.69, 9.17) is 0 Å². The number of nitrogens with zero attached hydrogens (tertiary/aromatic N) is 1. The minimum atomic E-state index is -3.50. The average Bonchev–Trinajstić information content (AvgIpc) is 2.42. The fraction of sp³-hybridized carbons (Fsp3) is 0.600. The summed E-state index contributed by atoms with van der Waals surface area (Å²) in [5.41, 5.74) is 1.89. The SMILES string of the molecule is CCCC(C)N(C)S(=O)(=O)c1cc(CNC)cc(C)c1Br. The van der Waals surface area contributed by atoms with Crippen LogP contribution in [0.5, 0.6) is 0 Å². The van der Waals surface area contributed by atoms with Crippen LogP contribution in [-0.4, -0.2) is 32.9 Å². The molecular formula is C15H25BrN2O2S. The van der Waals surface area contributed by atoms with Crippen molar-refractivity contribution in [1.29, 1.82) is 0 Å². The van der Waals surface area contributed by atoms with E-state index in [2.05, 4.69) is 28.2 Å². The Kier molecular flexibility index (Phi) is 6.84. The second kappa shape index (κ2) is 7.72. The first-order chi connectivity index (χ1) is 9.75. The first kappa shape index (κ1) is 18.6. The van der Waals surface area contributed by atoms with E-state index in [1.165, 1.54) is 4.31 Å². The summed E-state index contributed by atoms with van der Waals surface area (Å²) in [5.74, 6) is 0. The Morgan fingerprint density at radius 3 is 2.52 bits per heavy atom. The van der Waals surface area contributed by atoms with Gasteiger partial charge in [0.25, 0.3) is 0 Å². The van der Waals surface area contributed by atoms with Crippen LogP contribution in [0.2, 0.25) is 0 Å². The van der Waals surface area contributed by atoms with E-state index in [0.29, 0.717) is 15.9 Å². The van der Waals surface area contributed by atoms with Gasteiger partial charge in [-0.25, -0.2) is 8.42 Å². The molecular weight excluding hydrogens is 352 g/mol. The molecule has 0 radical (unpaired) electrons. The Bertz CT molecular complexity index is 588. The summed E-state index contributed by atoms with van der Waals surface area (Å²) in [6.45, 7) is 6.56. The minimum absolute atomic E-state index is 0.0137. The van der Waals surface area contributed by atoms with Crippen molar-refractivity contribution >= 4 is 26.0 Å². The monoisotopic (exact) mass is 376 g/mol. The molecule has 6 heteroatoms. The number of nitrogens with one attached hydrogen (secondary N) is 1. The van der Waals surface area contributed by atoms with E-state index in [-0.39, 0.29) is 6.04 Å². The fourth-order valence-corrected chi connectivity index (χ4v) is 4.71. The van der Waals surface area contributed by atoms with Crippen molar-refractivity contribution < 1.29 is 8.42 Å². The van der Waals surface area contributed by atoms with Gasteiger partial charge < -0.3 is 5.32 Å². The third-order valence-electron chi connectivity index (χ3n) is 3.65. The lowest BCUT2D eigenvalue weighted by Gasteiger charge is -2.25. The van der Waals surface area contributed by atoms with Crippen molar-refractivity contribution in [3.63, 3.8) is 0 Å². The Labute approximate surface area is 137 Å². The Morgan fingerprint density at radius 2 is 2.00 bits per heavy atom. The topological polar surface area (TPSA) is 49.4 Å². The maximum absolute atomic E-state index is 12.9. The van der Waals surface area contributed by atoms with Gasteiger partial charge in [-0.1, -0.05) is 19.4 Å². The molecule has 1 atom stereocenters. The molecule has 0 aliphatic rings. The molecule has 21 heavy (non-hydrogen) atoms. The normalized spacial score (nSPS) is 13.7. The highest BCUT2D eigenvalue weighted by Gasteiger charge is 2.27. The van der Waals surface area contributed by atoms with Crippen LogP contribution in [0.3, 0.4) is 0 Å². The highest BCUT2D eigenvalue weighted by Crippen LogP contribution is 2.30. The van der Waals surface area contributed by atoms with E-state index in [1.807, 2.05) is 27.0 Å². The van der Waals surface area contributed by atoms with Crippen molar-refractivity contribution in [2.24, 2.45) is 0 Å². The molecule has 1 aromatic rings. The summed E-state index contributed by atoms with van der Waals surface area (Å²) in [7, 11) is 0.00743. The highest BCUT2D eigenvalue weighted by molar-refractivity contribution is 9.10. The van der Waals surface area contributed by atoms with Gasteiger partial charge in [0.05, 0.1) is 4.90 Å². The maximum atomic E-state index is 12.9. The van der Waals surface area contributed by atoms with E-state index in [1.54, 1.807) is 13.1 Å². The summed E-state index contributed by atoms with van der Waals surface area (Å²) in [5, 5.41) is 3.06. The highest BCUT2D eigenvalue weighted by atomic mass is 79.9. The molecule has 1 aromatic carbocycles. The van der Waals surface area contributed by atoms with Crippen LogP contribution in [0, 0.1) is 6.92 Å². The van der Waals surface area contributed by atoms with E-state index in [0.717, 1.165) is 24.0 Å². The molecule has 0 aliphatic heterocycles. The van der Waals surface area contributed by atoms with Crippen molar-refractivity contribution in [2.45, 2.75) is 51.1 Å². The number of hydrogen-bond acceptors (Lipinski definition) is 3. The molecule has 0 heterocycles. The summed E-state index contributed by atoms with van der Waals surface area (Å²) < 4.78 is 27.8. The summed E-state index contributed by atoms with van der Waals surface area (Å²) in [6.07, 6.45) is 1.81. The smallest absolute Gasteiger partial charge is 0.244 e. The second-order valence-corrected chi connectivity index (χ2v) is 8.17. The molecule has 1 N–H and O–H groups in total. The molecule has 0 spiro atoms. The number of hydrogen-bond donors (Lipinski definition) is 1. The Hall–Kier alpha value is -0.430. The van der Waals surface area contributed by atoms with Gasteiger partial charge in [0, 0.05) is 24.1 Å². The van der Waals surface area contributed by atoms with E-state index in [9.17, 15) is 8.42 Å². The van der Waals surface area contributed by atoms with E-state index < -0.39 is 10.0 Å². The van der Waals surface area contributed by atoms with Crippen molar-refractivity contribution in [1.82, 2.24) is 9.62 Å². The molecule has 4 nitrogen and oxygen atoms in total. The fourth-order valence-electron chi connectivity index (χ4n) is 2.29. The van der Waals surface area contributed by atoms with Gasteiger partial charge in [0.1, 0.15) is 0 Å². The van der Waals surface area contributed by atoms with E-state index >= 15 is 0 Å². The number of halogens is 1. The molecule has 0 fully saturated rings. The average molecular weight is 377 g/mol. The predicted octanol–water partition coefficient (Wildman–Crippen LogP) is 3.29. The van der Waals surface area contributed by atoms with Gasteiger partial charge in [-0.2, -0.15) is 4.31 Å². The van der Waals surface area contributed by atoms with Gasteiger partial charge in [0.15, 0.2) is 0 Å². The molecule has 0 bridgehead atoms. The first-order valence-electron chi connectivity index (χ1n) is 7.17. The lowest BCUT2D eigenvalue weighted by molar-refractivity contribution is 0.368. The van der Waals surface area contributed by atoms with Crippen molar-refractivity contribution in [3.8, 4) is 0 Å². The molecule has 0 amide bonds. The van der Waals surface area contributed by atoms with Gasteiger partial charge in [0.2, 0.25) is 10.0 Å². The third kappa shape index (κ3) is 4.28. The number of rotatable bonds is 7. The number of aryl methyl sites for hydroxylation is 1. The predicted molar refractivity (Wildman–Crippen MR) is 91.0 cm³/mol. The number of benzene rings is 1. The van der Waals surface area contributed by atoms with Crippen molar-refractivity contribution in [2.75, 3.05) is 14.1 Å². The second-order valence-electron chi connectivity index (χ2n) is 5.41.